The van der Waals surface area contributed by atoms with Gasteiger partial charge in [0.05, 0.1) is 7.11 Å². The molecule has 0 amide bonds. The van der Waals surface area contributed by atoms with E-state index in [0.717, 1.165) is 29.2 Å². The van der Waals surface area contributed by atoms with Crippen LogP contribution in [0.3, 0.4) is 0 Å². The first-order chi connectivity index (χ1) is 8.72. The topological polar surface area (TPSA) is 18.5 Å². The number of benzene rings is 2. The van der Waals surface area contributed by atoms with Crippen LogP contribution in [-0.2, 0) is 6.42 Å². The van der Waals surface area contributed by atoms with Gasteiger partial charge < -0.3 is 9.47 Å². The fourth-order valence-corrected chi connectivity index (χ4v) is 1.82. The Balaban J connectivity index is 2.17. The second-order valence-corrected chi connectivity index (χ2v) is 4.23. The third-order valence-corrected chi connectivity index (χ3v) is 2.93. The Labute approximate surface area is 108 Å². The molecule has 94 valence electrons. The van der Waals surface area contributed by atoms with Gasteiger partial charge in [0.2, 0.25) is 0 Å². The smallest absolute Gasteiger partial charge is 0.130 e. The van der Waals surface area contributed by atoms with Gasteiger partial charge in [0, 0.05) is 0 Å². The van der Waals surface area contributed by atoms with Gasteiger partial charge in [-0.15, -0.1) is 0 Å². The van der Waals surface area contributed by atoms with Crippen molar-refractivity contribution in [1.82, 2.24) is 0 Å². The van der Waals surface area contributed by atoms with Gasteiger partial charge in [-0.05, 0) is 54.8 Å². The maximum Gasteiger partial charge on any atom is 0.130 e. The Morgan fingerprint density at radius 3 is 2.17 bits per heavy atom. The van der Waals surface area contributed by atoms with Gasteiger partial charge >= 0.3 is 0 Å². The molecule has 2 aromatic carbocycles. The summed E-state index contributed by atoms with van der Waals surface area (Å²) < 4.78 is 11.0. The Morgan fingerprint density at radius 2 is 1.61 bits per heavy atom. The number of rotatable bonds is 4. The van der Waals surface area contributed by atoms with E-state index < -0.39 is 0 Å². The van der Waals surface area contributed by atoms with Gasteiger partial charge in [0.1, 0.15) is 17.2 Å². The number of methoxy groups -OCH3 is 1. The summed E-state index contributed by atoms with van der Waals surface area (Å²) in [6, 6.07) is 13.9. The van der Waals surface area contributed by atoms with Crippen LogP contribution in [0.5, 0.6) is 17.2 Å². The molecule has 0 heterocycles. The molecule has 0 aliphatic heterocycles. The molecule has 0 atom stereocenters. The average molecular weight is 242 g/mol. The molecular formula is C16H18O2. The average Bonchev–Trinajstić information content (AvgIpc) is 2.42. The number of aryl methyl sites for hydroxylation is 2. The van der Waals surface area contributed by atoms with Crippen molar-refractivity contribution in [3.8, 4) is 17.2 Å². The van der Waals surface area contributed by atoms with E-state index in [9.17, 15) is 0 Å². The summed E-state index contributed by atoms with van der Waals surface area (Å²) in [5.41, 5.74) is 2.49. The number of ether oxygens (including phenoxy) is 2. The highest BCUT2D eigenvalue weighted by Crippen LogP contribution is 2.27. The Morgan fingerprint density at radius 1 is 0.944 bits per heavy atom. The first-order valence-electron chi connectivity index (χ1n) is 6.14. The summed E-state index contributed by atoms with van der Waals surface area (Å²) in [5, 5.41) is 0. The molecule has 0 aliphatic carbocycles. The maximum absolute atomic E-state index is 5.85. The predicted octanol–water partition coefficient (Wildman–Crippen LogP) is 4.36. The zero-order chi connectivity index (χ0) is 13.0. The van der Waals surface area contributed by atoms with Crippen molar-refractivity contribution < 1.29 is 9.47 Å². The largest absolute Gasteiger partial charge is 0.497 e. The number of hydrogen-bond donors (Lipinski definition) is 0. The van der Waals surface area contributed by atoms with Crippen LogP contribution in [0.4, 0.5) is 0 Å². The number of hydrogen-bond acceptors (Lipinski definition) is 2. The third kappa shape index (κ3) is 2.83. The van der Waals surface area contributed by atoms with Gasteiger partial charge in [0.15, 0.2) is 0 Å². The summed E-state index contributed by atoms with van der Waals surface area (Å²) >= 11 is 0. The summed E-state index contributed by atoms with van der Waals surface area (Å²) in [5.74, 6) is 2.56. The monoisotopic (exact) mass is 242 g/mol. The molecule has 0 radical (unpaired) electrons. The fraction of sp³-hybridized carbons (Fsp3) is 0.250. The van der Waals surface area contributed by atoms with Crippen molar-refractivity contribution in [2.75, 3.05) is 7.11 Å². The summed E-state index contributed by atoms with van der Waals surface area (Å²) in [6.45, 7) is 4.22. The van der Waals surface area contributed by atoms with E-state index in [0.29, 0.717) is 0 Å². The van der Waals surface area contributed by atoms with Crippen LogP contribution in [0.1, 0.15) is 18.1 Å². The zero-order valence-corrected chi connectivity index (χ0v) is 11.1. The summed E-state index contributed by atoms with van der Waals surface area (Å²) in [7, 11) is 1.66. The molecule has 0 spiro atoms. The van der Waals surface area contributed by atoms with E-state index in [4.69, 9.17) is 9.47 Å². The first-order valence-corrected chi connectivity index (χ1v) is 6.14. The molecule has 0 N–H and O–H groups in total. The normalized spacial score (nSPS) is 10.2. The van der Waals surface area contributed by atoms with Gasteiger partial charge in [-0.1, -0.05) is 19.1 Å². The first kappa shape index (κ1) is 12.5. The van der Waals surface area contributed by atoms with Crippen LogP contribution >= 0.6 is 0 Å². The molecule has 2 nitrogen and oxygen atoms in total. The van der Waals surface area contributed by atoms with Crippen LogP contribution in [0, 0.1) is 6.92 Å². The van der Waals surface area contributed by atoms with Crippen molar-refractivity contribution >= 4 is 0 Å². The van der Waals surface area contributed by atoms with Crippen molar-refractivity contribution in [1.29, 1.82) is 0 Å². The molecule has 2 heteroatoms. The second-order valence-electron chi connectivity index (χ2n) is 4.23. The van der Waals surface area contributed by atoms with Gasteiger partial charge in [-0.2, -0.15) is 0 Å². The SMILES string of the molecule is CCc1ccc(Oc2ccc(OC)cc2)c(C)c1. The molecular weight excluding hydrogens is 224 g/mol. The predicted molar refractivity (Wildman–Crippen MR) is 73.6 cm³/mol. The minimum Gasteiger partial charge on any atom is -0.497 e. The van der Waals surface area contributed by atoms with Gasteiger partial charge in [-0.25, -0.2) is 0 Å². The standard InChI is InChI=1S/C16H18O2/c1-4-13-5-10-16(12(2)11-13)18-15-8-6-14(17-3)7-9-15/h5-11H,4H2,1-3H3. The van der Waals surface area contributed by atoms with Crippen molar-refractivity contribution in [2.45, 2.75) is 20.3 Å². The Hall–Kier alpha value is -1.96. The van der Waals surface area contributed by atoms with Crippen molar-refractivity contribution in [3.63, 3.8) is 0 Å². The highest BCUT2D eigenvalue weighted by Gasteiger charge is 2.02. The van der Waals surface area contributed by atoms with E-state index in [1.54, 1.807) is 7.11 Å². The molecule has 2 rings (SSSR count). The van der Waals surface area contributed by atoms with Gasteiger partial charge in [0.25, 0.3) is 0 Å². The molecule has 0 fully saturated rings. The van der Waals surface area contributed by atoms with Crippen molar-refractivity contribution in [2.24, 2.45) is 0 Å². The molecule has 0 saturated carbocycles. The van der Waals surface area contributed by atoms with E-state index in [1.807, 2.05) is 30.3 Å². The molecule has 0 aromatic heterocycles. The summed E-state index contributed by atoms with van der Waals surface area (Å²) in [6.07, 6.45) is 1.05. The van der Waals surface area contributed by atoms with Crippen LogP contribution in [0.2, 0.25) is 0 Å². The minimum absolute atomic E-state index is 0.822. The molecule has 0 saturated heterocycles. The van der Waals surface area contributed by atoms with Crippen LogP contribution in [-0.4, -0.2) is 7.11 Å². The van der Waals surface area contributed by atoms with E-state index in [-0.39, 0.29) is 0 Å². The van der Waals surface area contributed by atoms with Gasteiger partial charge in [-0.3, -0.25) is 0 Å². The van der Waals surface area contributed by atoms with Crippen LogP contribution in [0.25, 0.3) is 0 Å². The quantitative estimate of drug-likeness (QED) is 0.793. The minimum atomic E-state index is 0.822. The Bertz CT molecular complexity index is 515. The third-order valence-electron chi connectivity index (χ3n) is 2.93. The lowest BCUT2D eigenvalue weighted by molar-refractivity contribution is 0.412. The lowest BCUT2D eigenvalue weighted by atomic mass is 10.1. The zero-order valence-electron chi connectivity index (χ0n) is 11.1. The summed E-state index contributed by atoms with van der Waals surface area (Å²) in [4.78, 5) is 0. The molecule has 2 aromatic rings. The molecule has 18 heavy (non-hydrogen) atoms. The highest BCUT2D eigenvalue weighted by atomic mass is 16.5. The van der Waals surface area contributed by atoms with E-state index >= 15 is 0 Å². The molecule has 0 unspecified atom stereocenters. The molecule has 0 bridgehead atoms. The van der Waals surface area contributed by atoms with E-state index in [1.165, 1.54) is 5.56 Å². The second kappa shape index (κ2) is 5.58. The molecule has 0 aliphatic rings. The van der Waals surface area contributed by atoms with Crippen molar-refractivity contribution in [3.05, 3.63) is 53.6 Å². The fourth-order valence-electron chi connectivity index (χ4n) is 1.82. The van der Waals surface area contributed by atoms with Crippen LogP contribution in [0.15, 0.2) is 42.5 Å². The highest BCUT2D eigenvalue weighted by molar-refractivity contribution is 5.40. The lowest BCUT2D eigenvalue weighted by Gasteiger charge is -2.10. The maximum atomic E-state index is 5.85. The van der Waals surface area contributed by atoms with E-state index in [2.05, 4.69) is 26.0 Å². The Kier molecular flexibility index (Phi) is 3.88. The lowest BCUT2D eigenvalue weighted by Crippen LogP contribution is -1.90. The van der Waals surface area contributed by atoms with Crippen LogP contribution < -0.4 is 9.47 Å².